The van der Waals surface area contributed by atoms with E-state index in [-0.39, 0.29) is 6.04 Å². The lowest BCUT2D eigenvalue weighted by molar-refractivity contribution is 0.631. The first-order chi connectivity index (χ1) is 8.74. The van der Waals surface area contributed by atoms with Gasteiger partial charge in [-0.2, -0.15) is 0 Å². The molecule has 0 aromatic heterocycles. The Bertz CT molecular complexity index is 480. The highest BCUT2D eigenvalue weighted by Gasteiger charge is 2.17. The standard InChI is InChI=1S/C15H15Cl2N/c1-2-18-15(11-7-3-5-9-13(11)16)12-8-4-6-10-14(12)17/h3-10,15,18H,2H2,1H3. The van der Waals surface area contributed by atoms with E-state index in [9.17, 15) is 0 Å². The number of nitrogens with one attached hydrogen (secondary N) is 1. The highest BCUT2D eigenvalue weighted by molar-refractivity contribution is 6.32. The third-order valence-electron chi connectivity index (χ3n) is 2.84. The van der Waals surface area contributed by atoms with Crippen molar-refractivity contribution in [3.05, 3.63) is 69.7 Å². The summed E-state index contributed by atoms with van der Waals surface area (Å²) < 4.78 is 0. The van der Waals surface area contributed by atoms with Crippen LogP contribution in [0.15, 0.2) is 48.5 Å². The first-order valence-corrected chi connectivity index (χ1v) is 6.72. The number of hydrogen-bond donors (Lipinski definition) is 1. The lowest BCUT2D eigenvalue weighted by Crippen LogP contribution is -2.22. The van der Waals surface area contributed by atoms with Gasteiger partial charge < -0.3 is 5.32 Å². The molecule has 0 spiro atoms. The van der Waals surface area contributed by atoms with Crippen LogP contribution in [0.3, 0.4) is 0 Å². The molecule has 0 unspecified atom stereocenters. The maximum absolute atomic E-state index is 6.27. The Balaban J connectivity index is 2.47. The van der Waals surface area contributed by atoms with Crippen LogP contribution < -0.4 is 5.32 Å². The molecule has 0 heterocycles. The van der Waals surface area contributed by atoms with Crippen LogP contribution in [-0.4, -0.2) is 6.54 Å². The van der Waals surface area contributed by atoms with Crippen molar-refractivity contribution >= 4 is 23.2 Å². The Kier molecular flexibility index (Phi) is 4.65. The van der Waals surface area contributed by atoms with Gasteiger partial charge in [-0.05, 0) is 29.8 Å². The summed E-state index contributed by atoms with van der Waals surface area (Å²) in [5.41, 5.74) is 2.10. The minimum absolute atomic E-state index is 0.0254. The zero-order valence-corrected chi connectivity index (χ0v) is 11.7. The van der Waals surface area contributed by atoms with Crippen molar-refractivity contribution in [2.75, 3.05) is 6.54 Å². The number of halogens is 2. The quantitative estimate of drug-likeness (QED) is 0.856. The lowest BCUT2D eigenvalue weighted by Gasteiger charge is -2.21. The van der Waals surface area contributed by atoms with E-state index in [1.165, 1.54) is 0 Å². The third kappa shape index (κ3) is 2.86. The molecule has 3 heteroatoms. The van der Waals surface area contributed by atoms with Crippen molar-refractivity contribution < 1.29 is 0 Å². The Labute approximate surface area is 118 Å². The van der Waals surface area contributed by atoms with E-state index >= 15 is 0 Å². The van der Waals surface area contributed by atoms with Crippen molar-refractivity contribution in [2.24, 2.45) is 0 Å². The van der Waals surface area contributed by atoms with Gasteiger partial charge in [0.25, 0.3) is 0 Å². The van der Waals surface area contributed by atoms with Crippen molar-refractivity contribution in [3.8, 4) is 0 Å². The molecular weight excluding hydrogens is 265 g/mol. The van der Waals surface area contributed by atoms with Crippen LogP contribution in [0.2, 0.25) is 10.0 Å². The van der Waals surface area contributed by atoms with Crippen LogP contribution in [0.4, 0.5) is 0 Å². The van der Waals surface area contributed by atoms with E-state index in [0.29, 0.717) is 0 Å². The second kappa shape index (κ2) is 6.24. The maximum atomic E-state index is 6.27. The molecule has 94 valence electrons. The van der Waals surface area contributed by atoms with E-state index in [1.54, 1.807) is 0 Å². The minimum Gasteiger partial charge on any atom is -0.306 e. The monoisotopic (exact) mass is 279 g/mol. The average molecular weight is 280 g/mol. The summed E-state index contributed by atoms with van der Waals surface area (Å²) >= 11 is 12.5. The number of hydrogen-bond acceptors (Lipinski definition) is 1. The summed E-state index contributed by atoms with van der Waals surface area (Å²) in [5.74, 6) is 0. The average Bonchev–Trinajstić information content (AvgIpc) is 2.38. The molecule has 0 fully saturated rings. The van der Waals surface area contributed by atoms with Gasteiger partial charge >= 0.3 is 0 Å². The summed E-state index contributed by atoms with van der Waals surface area (Å²) in [6, 6.07) is 15.7. The van der Waals surface area contributed by atoms with E-state index < -0.39 is 0 Å². The highest BCUT2D eigenvalue weighted by Crippen LogP contribution is 2.31. The largest absolute Gasteiger partial charge is 0.306 e. The van der Waals surface area contributed by atoms with E-state index in [1.807, 2.05) is 48.5 Å². The minimum atomic E-state index is 0.0254. The summed E-state index contributed by atoms with van der Waals surface area (Å²) in [4.78, 5) is 0. The predicted octanol–water partition coefficient (Wildman–Crippen LogP) is 4.69. The lowest BCUT2D eigenvalue weighted by atomic mass is 9.98. The maximum Gasteiger partial charge on any atom is 0.0606 e. The van der Waals surface area contributed by atoms with Gasteiger partial charge in [-0.25, -0.2) is 0 Å². The van der Waals surface area contributed by atoms with Gasteiger partial charge in [-0.1, -0.05) is 66.5 Å². The molecule has 1 nitrogen and oxygen atoms in total. The molecule has 18 heavy (non-hydrogen) atoms. The van der Waals surface area contributed by atoms with Gasteiger partial charge in [0, 0.05) is 10.0 Å². The van der Waals surface area contributed by atoms with Crippen molar-refractivity contribution in [1.82, 2.24) is 5.32 Å². The molecule has 0 amide bonds. The molecule has 1 N–H and O–H groups in total. The summed E-state index contributed by atoms with van der Waals surface area (Å²) in [6.45, 7) is 2.92. The van der Waals surface area contributed by atoms with Crippen LogP contribution >= 0.6 is 23.2 Å². The Morgan fingerprint density at radius 2 is 1.33 bits per heavy atom. The van der Waals surface area contributed by atoms with Crippen LogP contribution in [0.25, 0.3) is 0 Å². The number of rotatable bonds is 4. The second-order valence-electron chi connectivity index (χ2n) is 4.03. The van der Waals surface area contributed by atoms with Gasteiger partial charge in [0.1, 0.15) is 0 Å². The SMILES string of the molecule is CCNC(c1ccccc1Cl)c1ccccc1Cl. The summed E-state index contributed by atoms with van der Waals surface area (Å²) in [5, 5.41) is 4.93. The Hall–Kier alpha value is -1.02. The fourth-order valence-electron chi connectivity index (χ4n) is 2.01. The molecule has 0 aliphatic carbocycles. The molecule has 0 atom stereocenters. The molecule has 2 aromatic rings. The third-order valence-corrected chi connectivity index (χ3v) is 3.53. The molecule has 0 saturated heterocycles. The first-order valence-electron chi connectivity index (χ1n) is 5.96. The number of benzene rings is 2. The van der Waals surface area contributed by atoms with Crippen molar-refractivity contribution in [1.29, 1.82) is 0 Å². The molecule has 0 radical (unpaired) electrons. The Morgan fingerprint density at radius 1 is 0.889 bits per heavy atom. The second-order valence-corrected chi connectivity index (χ2v) is 4.85. The topological polar surface area (TPSA) is 12.0 Å². The molecule has 0 saturated carbocycles. The molecule has 0 aliphatic heterocycles. The van der Waals surface area contributed by atoms with Crippen LogP contribution in [0, 0.1) is 0 Å². The highest BCUT2D eigenvalue weighted by atomic mass is 35.5. The van der Waals surface area contributed by atoms with Crippen LogP contribution in [0.5, 0.6) is 0 Å². The Morgan fingerprint density at radius 3 is 1.72 bits per heavy atom. The van der Waals surface area contributed by atoms with Gasteiger partial charge in [-0.3, -0.25) is 0 Å². The predicted molar refractivity (Wildman–Crippen MR) is 78.4 cm³/mol. The summed E-state index contributed by atoms with van der Waals surface area (Å²) in [6.07, 6.45) is 0. The zero-order valence-electron chi connectivity index (χ0n) is 10.2. The first kappa shape index (κ1) is 13.4. The van der Waals surface area contributed by atoms with E-state index in [4.69, 9.17) is 23.2 Å². The van der Waals surface area contributed by atoms with Gasteiger partial charge in [0.15, 0.2) is 0 Å². The molecule has 2 rings (SSSR count). The van der Waals surface area contributed by atoms with Crippen LogP contribution in [0.1, 0.15) is 24.1 Å². The molecule has 2 aromatic carbocycles. The van der Waals surface area contributed by atoms with Gasteiger partial charge in [0.2, 0.25) is 0 Å². The smallest absolute Gasteiger partial charge is 0.0606 e. The summed E-state index contributed by atoms with van der Waals surface area (Å²) in [7, 11) is 0. The van der Waals surface area contributed by atoms with Gasteiger partial charge in [-0.15, -0.1) is 0 Å². The van der Waals surface area contributed by atoms with E-state index in [0.717, 1.165) is 27.7 Å². The zero-order chi connectivity index (χ0) is 13.0. The van der Waals surface area contributed by atoms with Crippen molar-refractivity contribution in [2.45, 2.75) is 13.0 Å². The fraction of sp³-hybridized carbons (Fsp3) is 0.200. The van der Waals surface area contributed by atoms with Crippen LogP contribution in [-0.2, 0) is 0 Å². The van der Waals surface area contributed by atoms with Crippen molar-refractivity contribution in [3.63, 3.8) is 0 Å². The molecule has 0 bridgehead atoms. The fourth-order valence-corrected chi connectivity index (χ4v) is 2.50. The van der Waals surface area contributed by atoms with E-state index in [2.05, 4.69) is 12.2 Å². The molecular formula is C15H15Cl2N. The molecule has 0 aliphatic rings. The van der Waals surface area contributed by atoms with Gasteiger partial charge in [0.05, 0.1) is 6.04 Å². The normalized spacial score (nSPS) is 10.9.